The number of fused-ring (bicyclic) bond motifs is 3. The highest BCUT2D eigenvalue weighted by atomic mass is 16.6. The van der Waals surface area contributed by atoms with Gasteiger partial charge in [0.15, 0.2) is 17.2 Å². The van der Waals surface area contributed by atoms with Gasteiger partial charge in [0.1, 0.15) is 17.8 Å². The zero-order valence-corrected chi connectivity index (χ0v) is 25.5. The molecule has 2 heterocycles. The van der Waals surface area contributed by atoms with Crippen molar-refractivity contribution in [2.75, 3.05) is 13.2 Å². The first kappa shape index (κ1) is 31.3. The summed E-state index contributed by atoms with van der Waals surface area (Å²) in [5.41, 5.74) is -7.68. The van der Waals surface area contributed by atoms with Crippen molar-refractivity contribution in [1.29, 1.82) is 0 Å². The Hall–Kier alpha value is -1.65. The molecule has 0 bridgehead atoms. The summed E-state index contributed by atoms with van der Waals surface area (Å²) in [4.78, 5) is 41.6. The zero-order chi connectivity index (χ0) is 30.1. The number of aliphatic hydroxyl groups excluding tert-OH is 1. The molecule has 1 unspecified atom stereocenters. The van der Waals surface area contributed by atoms with Crippen molar-refractivity contribution >= 4 is 17.5 Å². The fraction of sp³-hybridized carbons (Fsp3) is 0.839. The van der Waals surface area contributed by atoms with Gasteiger partial charge in [-0.15, -0.1) is 6.58 Å². The Bertz CT molecular complexity index is 1060. The summed E-state index contributed by atoms with van der Waals surface area (Å²) in [6, 6.07) is 0. The van der Waals surface area contributed by atoms with E-state index in [1.807, 2.05) is 34.6 Å². The van der Waals surface area contributed by atoms with Crippen LogP contribution in [0.3, 0.4) is 0 Å². The van der Waals surface area contributed by atoms with Gasteiger partial charge in [0.2, 0.25) is 0 Å². The molecule has 9 heteroatoms. The topological polar surface area (TPSA) is 131 Å². The van der Waals surface area contributed by atoms with Gasteiger partial charge in [0.25, 0.3) is 0 Å². The minimum Gasteiger partial charge on any atom is -0.461 e. The smallest absolute Gasteiger partial charge is 0.320 e. The van der Waals surface area contributed by atoms with Crippen molar-refractivity contribution in [2.24, 2.45) is 22.7 Å². The molecule has 3 N–H and O–H groups in total. The Morgan fingerprint density at radius 3 is 2.38 bits per heavy atom. The molecule has 2 aliphatic carbocycles. The van der Waals surface area contributed by atoms with Crippen LogP contribution in [-0.4, -0.2) is 81.6 Å². The average molecular weight is 564 g/mol. The molecule has 4 rings (SSSR count). The summed E-state index contributed by atoms with van der Waals surface area (Å²) >= 11 is 0. The van der Waals surface area contributed by atoms with Crippen LogP contribution in [0, 0.1) is 22.7 Å². The van der Waals surface area contributed by atoms with Crippen LogP contribution in [0.15, 0.2) is 12.7 Å². The number of ketones is 2. The Labute approximate surface area is 238 Å². The van der Waals surface area contributed by atoms with E-state index in [2.05, 4.69) is 11.9 Å². The van der Waals surface area contributed by atoms with Crippen LogP contribution in [0.5, 0.6) is 0 Å². The Morgan fingerprint density at radius 1 is 1.18 bits per heavy atom. The molecule has 226 valence electrons. The molecule has 4 fully saturated rings. The molecule has 0 aromatic rings. The molecule has 2 aliphatic heterocycles. The van der Waals surface area contributed by atoms with Crippen LogP contribution in [-0.2, 0) is 28.6 Å². The molecule has 0 spiro atoms. The van der Waals surface area contributed by atoms with Crippen LogP contribution >= 0.6 is 0 Å². The molecule has 2 saturated heterocycles. The maximum Gasteiger partial charge on any atom is 0.320 e. The normalized spacial score (nSPS) is 44.9. The molecule has 4 aliphatic rings. The molecule has 0 aromatic heterocycles. The molecule has 40 heavy (non-hydrogen) atoms. The lowest BCUT2D eigenvalue weighted by Gasteiger charge is -2.71. The van der Waals surface area contributed by atoms with E-state index in [0.29, 0.717) is 32.3 Å². The van der Waals surface area contributed by atoms with E-state index < -0.39 is 69.5 Å². The van der Waals surface area contributed by atoms with Crippen LogP contribution in [0.25, 0.3) is 0 Å². The van der Waals surface area contributed by atoms with E-state index in [0.717, 1.165) is 0 Å². The third-order valence-electron chi connectivity index (χ3n) is 10.4. The first-order valence-electron chi connectivity index (χ1n) is 14.6. The number of rotatable bonds is 6. The van der Waals surface area contributed by atoms with Crippen LogP contribution < -0.4 is 5.32 Å². The van der Waals surface area contributed by atoms with Gasteiger partial charge in [0, 0.05) is 29.9 Å². The quantitative estimate of drug-likeness (QED) is 0.330. The van der Waals surface area contributed by atoms with E-state index in [-0.39, 0.29) is 24.3 Å². The standard InChI is InChI=1S/C31H49NO8/c1-10-28(7)16-19(33)31(37)29(8)20(39-21(34)17-32-26(2,3)4)13-14-27(5,6)25(29)24(36)22(30(31,9)40-28)23(35)18-12-11-15-38-18/h10,18,20,22,24-25,32,36-37H,1,11-17H2,2-9H3/t18?,20-,22-,24+,25-,28-,29-,30+,31-/m0/s1. The summed E-state index contributed by atoms with van der Waals surface area (Å²) in [6.45, 7) is 19.0. The van der Waals surface area contributed by atoms with Crippen molar-refractivity contribution in [3.63, 3.8) is 0 Å². The lowest BCUT2D eigenvalue weighted by Crippen LogP contribution is -2.86. The summed E-state index contributed by atoms with van der Waals surface area (Å²) in [7, 11) is 0. The molecular weight excluding hydrogens is 514 g/mol. The lowest BCUT2D eigenvalue weighted by atomic mass is 9.38. The molecule has 0 radical (unpaired) electrons. The van der Waals surface area contributed by atoms with Gasteiger partial charge in [-0.05, 0) is 65.7 Å². The Morgan fingerprint density at radius 2 is 1.82 bits per heavy atom. The van der Waals surface area contributed by atoms with Crippen molar-refractivity contribution in [3.05, 3.63) is 12.7 Å². The Kier molecular flexibility index (Phi) is 7.80. The maximum atomic E-state index is 14.3. The molecule has 9 nitrogen and oxygen atoms in total. The minimum absolute atomic E-state index is 0.0541. The third-order valence-corrected chi connectivity index (χ3v) is 10.4. The number of nitrogens with one attached hydrogen (secondary N) is 1. The summed E-state index contributed by atoms with van der Waals surface area (Å²) in [5.74, 6) is -3.43. The number of esters is 1. The second-order valence-electron chi connectivity index (χ2n) is 14.8. The fourth-order valence-electron chi connectivity index (χ4n) is 8.48. The predicted molar refractivity (Wildman–Crippen MR) is 148 cm³/mol. The van der Waals surface area contributed by atoms with Gasteiger partial charge in [-0.2, -0.15) is 0 Å². The van der Waals surface area contributed by atoms with Crippen molar-refractivity contribution in [2.45, 2.75) is 128 Å². The number of carbonyl (C=O) groups excluding carboxylic acids is 3. The first-order chi connectivity index (χ1) is 18.3. The summed E-state index contributed by atoms with van der Waals surface area (Å²) in [6.07, 6.45) is 0.510. The minimum atomic E-state index is -2.26. The van der Waals surface area contributed by atoms with E-state index in [1.165, 1.54) is 6.08 Å². The predicted octanol–water partition coefficient (Wildman–Crippen LogP) is 2.89. The lowest BCUT2D eigenvalue weighted by molar-refractivity contribution is -0.356. The van der Waals surface area contributed by atoms with Crippen LogP contribution in [0.2, 0.25) is 0 Å². The zero-order valence-electron chi connectivity index (χ0n) is 25.5. The molecule has 9 atom stereocenters. The molecule has 0 aromatic carbocycles. The van der Waals surface area contributed by atoms with Gasteiger partial charge in [-0.25, -0.2) is 0 Å². The Balaban J connectivity index is 1.89. The number of aliphatic hydroxyl groups is 2. The summed E-state index contributed by atoms with van der Waals surface area (Å²) in [5, 5.41) is 28.3. The van der Waals surface area contributed by atoms with Gasteiger partial charge in [0.05, 0.1) is 24.2 Å². The highest BCUT2D eigenvalue weighted by molar-refractivity contribution is 5.96. The molecular formula is C31H49NO8. The van der Waals surface area contributed by atoms with Crippen LogP contribution in [0.4, 0.5) is 0 Å². The maximum absolute atomic E-state index is 14.3. The SMILES string of the molecule is C=C[C@@]1(C)CC(=O)[C@]2(O)[C@@]3(C)[C@@H](OC(=O)CNC(C)(C)C)CCC(C)(C)[C@@H]3[C@H](O)[C@H](C(=O)C3CCCO3)[C@@]2(C)O1. The van der Waals surface area contributed by atoms with Crippen LogP contribution in [0.1, 0.15) is 87.5 Å². The van der Waals surface area contributed by atoms with E-state index in [4.69, 9.17) is 14.2 Å². The van der Waals surface area contributed by atoms with E-state index >= 15 is 0 Å². The first-order valence-corrected chi connectivity index (χ1v) is 14.6. The molecule has 2 saturated carbocycles. The van der Waals surface area contributed by atoms with E-state index in [9.17, 15) is 24.6 Å². The van der Waals surface area contributed by atoms with Crippen molar-refractivity contribution in [1.82, 2.24) is 5.32 Å². The number of hydrogen-bond donors (Lipinski definition) is 3. The largest absolute Gasteiger partial charge is 0.461 e. The number of carbonyl (C=O) groups is 3. The number of ether oxygens (including phenoxy) is 3. The number of hydrogen-bond acceptors (Lipinski definition) is 9. The van der Waals surface area contributed by atoms with Gasteiger partial charge >= 0.3 is 5.97 Å². The highest BCUT2D eigenvalue weighted by Gasteiger charge is 2.82. The van der Waals surface area contributed by atoms with E-state index in [1.54, 1.807) is 20.8 Å². The average Bonchev–Trinajstić information content (AvgIpc) is 3.37. The van der Waals surface area contributed by atoms with Gasteiger partial charge < -0.3 is 29.7 Å². The highest BCUT2D eigenvalue weighted by Crippen LogP contribution is 2.68. The summed E-state index contributed by atoms with van der Waals surface area (Å²) < 4.78 is 18.4. The molecule has 0 amide bonds. The second-order valence-corrected chi connectivity index (χ2v) is 14.8. The van der Waals surface area contributed by atoms with Crippen molar-refractivity contribution < 1.29 is 38.8 Å². The number of Topliss-reactive ketones (excluding diaryl/α,β-unsaturated/α-hetero) is 2. The fourth-order valence-corrected chi connectivity index (χ4v) is 8.48. The monoisotopic (exact) mass is 563 g/mol. The third kappa shape index (κ3) is 4.60. The van der Waals surface area contributed by atoms with Gasteiger partial charge in [-0.1, -0.05) is 26.8 Å². The second kappa shape index (κ2) is 9.97. The van der Waals surface area contributed by atoms with Gasteiger partial charge in [-0.3, -0.25) is 14.4 Å². The van der Waals surface area contributed by atoms with Crippen molar-refractivity contribution in [3.8, 4) is 0 Å².